The Kier molecular flexibility index (Phi) is 4.48. The number of anilines is 4. The summed E-state index contributed by atoms with van der Waals surface area (Å²) in [5.41, 5.74) is 3.08. The summed E-state index contributed by atoms with van der Waals surface area (Å²) < 4.78 is 0. The van der Waals surface area contributed by atoms with E-state index < -0.39 is 10.9 Å². The Labute approximate surface area is 160 Å². The van der Waals surface area contributed by atoms with E-state index in [1.807, 2.05) is 54.6 Å². The Hall–Kier alpha value is -3.37. The second-order valence-electron chi connectivity index (χ2n) is 6.11. The molecule has 5 heteroatoms. The molecule has 0 saturated carbocycles. The molecule has 0 aliphatic heterocycles. The van der Waals surface area contributed by atoms with E-state index in [2.05, 4.69) is 10.6 Å². The molecule has 4 aromatic carbocycles. The van der Waals surface area contributed by atoms with Crippen molar-refractivity contribution in [3.05, 3.63) is 104 Å². The lowest BCUT2D eigenvalue weighted by Gasteiger charge is -2.15. The molecule has 0 aliphatic rings. The van der Waals surface area contributed by atoms with Gasteiger partial charge in [-0.15, -0.1) is 0 Å². The van der Waals surface area contributed by atoms with E-state index in [0.717, 1.165) is 16.8 Å². The van der Waals surface area contributed by atoms with Crippen LogP contribution in [0.2, 0.25) is 5.02 Å². The molecule has 0 spiro atoms. The highest BCUT2D eigenvalue weighted by molar-refractivity contribution is 6.30. The predicted molar refractivity (Wildman–Crippen MR) is 111 cm³/mol. The molecule has 0 atom stereocenters. The smallest absolute Gasteiger partial charge is 0.253 e. The van der Waals surface area contributed by atoms with Gasteiger partial charge in [0.15, 0.2) is 0 Å². The minimum Gasteiger partial charge on any atom is -0.350 e. The Morgan fingerprint density at radius 3 is 1.52 bits per heavy atom. The van der Waals surface area contributed by atoms with Crippen LogP contribution >= 0.6 is 11.6 Å². The Morgan fingerprint density at radius 1 is 0.556 bits per heavy atom. The van der Waals surface area contributed by atoms with Crippen LogP contribution in [0.1, 0.15) is 0 Å². The third-order valence-corrected chi connectivity index (χ3v) is 4.54. The highest BCUT2D eigenvalue weighted by Gasteiger charge is 2.21. The zero-order valence-corrected chi connectivity index (χ0v) is 15.0. The fourth-order valence-corrected chi connectivity index (χ4v) is 2.95. The minimum absolute atomic E-state index is 0.259. The summed E-state index contributed by atoms with van der Waals surface area (Å²) in [6.07, 6.45) is 0. The number of rotatable bonds is 5. The number of hydrogen-bond acceptors (Lipinski definition) is 4. The zero-order valence-electron chi connectivity index (χ0n) is 14.2. The standard InChI is InChI=1S/C22H15ClN2O2/c23-16-8-12-18(13-9-16)25-20-19(21(26)22(20)27)24-17-10-6-15(7-11-17)14-4-2-1-3-5-14/h1-13,24-25H. The van der Waals surface area contributed by atoms with Crippen molar-refractivity contribution in [2.45, 2.75) is 0 Å². The summed E-state index contributed by atoms with van der Waals surface area (Å²) in [6, 6.07) is 24.6. The third-order valence-electron chi connectivity index (χ3n) is 4.29. The SMILES string of the molecule is O=c1c(Nc2ccc(Cl)cc2)c(Nc2ccc(-c3ccccc3)cc2)c1=O. The highest BCUT2D eigenvalue weighted by Crippen LogP contribution is 2.27. The van der Waals surface area contributed by atoms with Gasteiger partial charge in [0.1, 0.15) is 11.4 Å². The number of halogens is 1. The van der Waals surface area contributed by atoms with Crippen LogP contribution in [0.4, 0.5) is 22.7 Å². The average Bonchev–Trinajstić information content (AvgIpc) is 2.72. The first-order valence-corrected chi connectivity index (χ1v) is 8.78. The third kappa shape index (κ3) is 3.48. The van der Waals surface area contributed by atoms with Gasteiger partial charge in [-0.3, -0.25) is 9.59 Å². The molecule has 0 radical (unpaired) electrons. The Balaban J connectivity index is 1.55. The molecule has 132 valence electrons. The Morgan fingerprint density at radius 2 is 1.00 bits per heavy atom. The lowest BCUT2D eigenvalue weighted by molar-refractivity contribution is 1.36. The van der Waals surface area contributed by atoms with Gasteiger partial charge in [-0.1, -0.05) is 54.1 Å². The van der Waals surface area contributed by atoms with E-state index in [4.69, 9.17) is 11.6 Å². The van der Waals surface area contributed by atoms with Crippen LogP contribution in [-0.4, -0.2) is 0 Å². The van der Waals surface area contributed by atoms with Gasteiger partial charge in [0, 0.05) is 16.4 Å². The number of hydrogen-bond donors (Lipinski definition) is 2. The molecule has 0 saturated heterocycles. The number of nitrogens with one attached hydrogen (secondary N) is 2. The van der Waals surface area contributed by atoms with E-state index in [9.17, 15) is 9.59 Å². The van der Waals surface area contributed by atoms with Crippen molar-refractivity contribution >= 4 is 34.4 Å². The molecule has 2 N–H and O–H groups in total. The molecular weight excluding hydrogens is 360 g/mol. The van der Waals surface area contributed by atoms with Gasteiger partial charge >= 0.3 is 0 Å². The van der Waals surface area contributed by atoms with Gasteiger partial charge in [0.25, 0.3) is 10.9 Å². The zero-order chi connectivity index (χ0) is 18.8. The van der Waals surface area contributed by atoms with E-state index in [0.29, 0.717) is 10.7 Å². The summed E-state index contributed by atoms with van der Waals surface area (Å²) in [4.78, 5) is 23.9. The first kappa shape index (κ1) is 17.1. The second-order valence-corrected chi connectivity index (χ2v) is 6.54. The molecule has 0 bridgehead atoms. The van der Waals surface area contributed by atoms with Crippen molar-refractivity contribution in [1.82, 2.24) is 0 Å². The minimum atomic E-state index is -0.534. The maximum atomic E-state index is 12.0. The number of benzene rings is 3. The summed E-state index contributed by atoms with van der Waals surface area (Å²) in [5, 5.41) is 6.62. The van der Waals surface area contributed by atoms with Crippen LogP contribution in [0, 0.1) is 0 Å². The van der Waals surface area contributed by atoms with Crippen LogP contribution < -0.4 is 21.5 Å². The monoisotopic (exact) mass is 374 g/mol. The fraction of sp³-hybridized carbons (Fsp3) is 0. The molecule has 27 heavy (non-hydrogen) atoms. The van der Waals surface area contributed by atoms with Gasteiger partial charge in [-0.25, -0.2) is 0 Å². The van der Waals surface area contributed by atoms with Gasteiger partial charge in [-0.2, -0.15) is 0 Å². The molecule has 0 unspecified atom stereocenters. The van der Waals surface area contributed by atoms with E-state index in [1.54, 1.807) is 24.3 Å². The van der Waals surface area contributed by atoms with E-state index in [1.165, 1.54) is 0 Å². The van der Waals surface area contributed by atoms with E-state index in [-0.39, 0.29) is 11.4 Å². The summed E-state index contributed by atoms with van der Waals surface area (Å²) in [6.45, 7) is 0. The molecule has 0 amide bonds. The van der Waals surface area contributed by atoms with Crippen LogP contribution in [0.5, 0.6) is 0 Å². The first-order chi connectivity index (χ1) is 13.1. The average molecular weight is 375 g/mol. The largest absolute Gasteiger partial charge is 0.350 e. The van der Waals surface area contributed by atoms with Crippen molar-refractivity contribution in [2.24, 2.45) is 0 Å². The van der Waals surface area contributed by atoms with Crippen molar-refractivity contribution < 1.29 is 0 Å². The molecule has 0 aromatic heterocycles. The van der Waals surface area contributed by atoms with Crippen LogP contribution in [0.25, 0.3) is 11.1 Å². The first-order valence-electron chi connectivity index (χ1n) is 8.40. The molecule has 0 heterocycles. The topological polar surface area (TPSA) is 58.2 Å². The lowest BCUT2D eigenvalue weighted by atomic mass is 10.1. The Bertz CT molecular complexity index is 1140. The van der Waals surface area contributed by atoms with Crippen molar-refractivity contribution in [2.75, 3.05) is 10.6 Å². The van der Waals surface area contributed by atoms with Gasteiger partial charge in [0.05, 0.1) is 0 Å². The molecular formula is C22H15ClN2O2. The summed E-state index contributed by atoms with van der Waals surface area (Å²) in [5.74, 6) is 0. The highest BCUT2D eigenvalue weighted by atomic mass is 35.5. The van der Waals surface area contributed by atoms with Gasteiger partial charge in [0.2, 0.25) is 0 Å². The molecule has 0 fully saturated rings. The van der Waals surface area contributed by atoms with Crippen LogP contribution in [-0.2, 0) is 0 Å². The van der Waals surface area contributed by atoms with Crippen molar-refractivity contribution in [1.29, 1.82) is 0 Å². The molecule has 4 aromatic rings. The quantitative estimate of drug-likeness (QED) is 0.478. The summed E-state index contributed by atoms with van der Waals surface area (Å²) >= 11 is 5.87. The lowest BCUT2D eigenvalue weighted by Crippen LogP contribution is -2.35. The van der Waals surface area contributed by atoms with Crippen molar-refractivity contribution in [3.63, 3.8) is 0 Å². The maximum Gasteiger partial charge on any atom is 0.253 e. The van der Waals surface area contributed by atoms with E-state index >= 15 is 0 Å². The van der Waals surface area contributed by atoms with Crippen LogP contribution in [0.15, 0.2) is 88.5 Å². The van der Waals surface area contributed by atoms with Gasteiger partial charge < -0.3 is 10.6 Å². The normalized spacial score (nSPS) is 10.7. The predicted octanol–water partition coefficient (Wildman–Crippen LogP) is 5.09. The van der Waals surface area contributed by atoms with Crippen LogP contribution in [0.3, 0.4) is 0 Å². The maximum absolute atomic E-state index is 12.0. The summed E-state index contributed by atoms with van der Waals surface area (Å²) in [7, 11) is 0. The van der Waals surface area contributed by atoms with Crippen molar-refractivity contribution in [3.8, 4) is 11.1 Å². The second kappa shape index (κ2) is 7.09. The van der Waals surface area contributed by atoms with Gasteiger partial charge in [-0.05, 0) is 47.5 Å². The molecule has 4 nitrogen and oxygen atoms in total. The molecule has 0 aliphatic carbocycles. The fourth-order valence-electron chi connectivity index (χ4n) is 2.83. The molecule has 4 rings (SSSR count).